The van der Waals surface area contributed by atoms with E-state index in [1.165, 1.54) is 4.90 Å². The maximum atomic E-state index is 12.1. The molecule has 0 unspecified atom stereocenters. The average molecular weight is 396 g/mol. The van der Waals surface area contributed by atoms with Gasteiger partial charge in [-0.3, -0.25) is 14.4 Å². The molecule has 0 bridgehead atoms. The van der Waals surface area contributed by atoms with Gasteiger partial charge in [-0.05, 0) is 55.0 Å². The molecule has 0 aliphatic heterocycles. The smallest absolute Gasteiger partial charge is 0.253 e. The highest BCUT2D eigenvalue weighted by Crippen LogP contribution is 2.12. The summed E-state index contributed by atoms with van der Waals surface area (Å²) in [5.74, 6) is -0.399. The fraction of sp³-hybridized carbons (Fsp3) is 0.318. The van der Waals surface area contributed by atoms with Crippen LogP contribution in [0.4, 0.5) is 11.4 Å². The number of anilines is 2. The summed E-state index contributed by atoms with van der Waals surface area (Å²) in [6.45, 7) is 2.81. The first-order chi connectivity index (χ1) is 13.9. The summed E-state index contributed by atoms with van der Waals surface area (Å²) in [6, 6.07) is 13.7. The van der Waals surface area contributed by atoms with E-state index in [0.29, 0.717) is 23.4 Å². The molecule has 7 nitrogen and oxygen atoms in total. The average Bonchev–Trinajstić information content (AvgIpc) is 2.72. The van der Waals surface area contributed by atoms with Crippen LogP contribution in [0.3, 0.4) is 0 Å². The van der Waals surface area contributed by atoms with Crippen molar-refractivity contribution >= 4 is 29.1 Å². The molecule has 154 valence electrons. The van der Waals surface area contributed by atoms with Gasteiger partial charge in [-0.25, -0.2) is 0 Å². The lowest BCUT2D eigenvalue weighted by Crippen LogP contribution is -2.24. The van der Waals surface area contributed by atoms with Crippen molar-refractivity contribution in [3.8, 4) is 0 Å². The Kier molecular flexibility index (Phi) is 8.21. The fourth-order valence-electron chi connectivity index (χ4n) is 2.56. The van der Waals surface area contributed by atoms with Crippen LogP contribution < -0.4 is 16.0 Å². The van der Waals surface area contributed by atoms with Crippen LogP contribution in [0.5, 0.6) is 0 Å². The molecule has 0 aliphatic carbocycles. The summed E-state index contributed by atoms with van der Waals surface area (Å²) in [4.78, 5) is 37.5. The van der Waals surface area contributed by atoms with Crippen LogP contribution in [0.15, 0.2) is 48.5 Å². The number of hydrogen-bond acceptors (Lipinski definition) is 4. The van der Waals surface area contributed by atoms with Crippen LogP contribution >= 0.6 is 0 Å². The van der Waals surface area contributed by atoms with Crippen molar-refractivity contribution in [3.63, 3.8) is 0 Å². The Morgan fingerprint density at radius 2 is 1.45 bits per heavy atom. The van der Waals surface area contributed by atoms with Gasteiger partial charge in [0.1, 0.15) is 0 Å². The van der Waals surface area contributed by atoms with Gasteiger partial charge in [0, 0.05) is 43.1 Å². The Morgan fingerprint density at radius 1 is 0.862 bits per heavy atom. The maximum absolute atomic E-state index is 12.1. The topological polar surface area (TPSA) is 90.5 Å². The van der Waals surface area contributed by atoms with Crippen LogP contribution in [0.25, 0.3) is 0 Å². The van der Waals surface area contributed by atoms with Crippen molar-refractivity contribution in [2.24, 2.45) is 0 Å². The van der Waals surface area contributed by atoms with Crippen molar-refractivity contribution in [1.29, 1.82) is 0 Å². The van der Waals surface area contributed by atoms with Gasteiger partial charge < -0.3 is 20.9 Å². The van der Waals surface area contributed by atoms with E-state index in [-0.39, 0.29) is 24.3 Å². The summed E-state index contributed by atoms with van der Waals surface area (Å²) < 4.78 is 0. The maximum Gasteiger partial charge on any atom is 0.253 e. The minimum Gasteiger partial charge on any atom is -0.376 e. The Hall–Kier alpha value is -3.35. The van der Waals surface area contributed by atoms with Crippen LogP contribution in [0.1, 0.15) is 40.5 Å². The first-order valence-electron chi connectivity index (χ1n) is 9.64. The van der Waals surface area contributed by atoms with E-state index in [2.05, 4.69) is 22.9 Å². The molecule has 3 N–H and O–H groups in total. The molecule has 0 saturated heterocycles. The van der Waals surface area contributed by atoms with E-state index in [1.54, 1.807) is 62.6 Å². The third-order valence-corrected chi connectivity index (χ3v) is 4.24. The molecule has 3 amide bonds. The van der Waals surface area contributed by atoms with E-state index in [1.807, 2.05) is 0 Å². The Morgan fingerprint density at radius 3 is 2.03 bits per heavy atom. The molecule has 0 aromatic heterocycles. The highest BCUT2D eigenvalue weighted by atomic mass is 16.2. The van der Waals surface area contributed by atoms with Crippen molar-refractivity contribution in [2.45, 2.75) is 19.8 Å². The largest absolute Gasteiger partial charge is 0.376 e. The van der Waals surface area contributed by atoms with E-state index in [9.17, 15) is 14.4 Å². The van der Waals surface area contributed by atoms with Crippen molar-refractivity contribution in [1.82, 2.24) is 10.2 Å². The molecular formula is C22H28N4O3. The molecule has 0 saturated carbocycles. The monoisotopic (exact) mass is 396 g/mol. The number of benzene rings is 2. The highest BCUT2D eigenvalue weighted by Gasteiger charge is 2.08. The van der Waals surface area contributed by atoms with Crippen molar-refractivity contribution in [3.05, 3.63) is 59.7 Å². The molecule has 0 radical (unpaired) electrons. The van der Waals surface area contributed by atoms with Gasteiger partial charge in [0.2, 0.25) is 5.91 Å². The number of hydrogen-bond donors (Lipinski definition) is 3. The molecule has 0 aliphatic rings. The molecule has 7 heteroatoms. The zero-order valence-electron chi connectivity index (χ0n) is 17.1. The highest BCUT2D eigenvalue weighted by molar-refractivity contribution is 5.97. The fourth-order valence-corrected chi connectivity index (χ4v) is 2.56. The lowest BCUT2D eigenvalue weighted by Gasteiger charge is -2.11. The van der Waals surface area contributed by atoms with Gasteiger partial charge in [-0.2, -0.15) is 0 Å². The Balaban J connectivity index is 1.81. The predicted octanol–water partition coefficient (Wildman–Crippen LogP) is 2.97. The molecule has 2 rings (SSSR count). The minimum absolute atomic E-state index is 0.0724. The normalized spacial score (nSPS) is 10.2. The second-order valence-corrected chi connectivity index (χ2v) is 6.87. The first-order valence-corrected chi connectivity index (χ1v) is 9.64. The molecular weight excluding hydrogens is 368 g/mol. The Bertz CT molecular complexity index is 830. The van der Waals surface area contributed by atoms with Gasteiger partial charge in [0.25, 0.3) is 11.8 Å². The second-order valence-electron chi connectivity index (χ2n) is 6.87. The van der Waals surface area contributed by atoms with Gasteiger partial charge in [-0.1, -0.05) is 13.3 Å². The summed E-state index contributed by atoms with van der Waals surface area (Å²) in [7, 11) is 3.40. The van der Waals surface area contributed by atoms with E-state index in [0.717, 1.165) is 18.5 Å². The summed E-state index contributed by atoms with van der Waals surface area (Å²) >= 11 is 0. The zero-order valence-corrected chi connectivity index (χ0v) is 17.1. The predicted molar refractivity (Wildman–Crippen MR) is 115 cm³/mol. The van der Waals surface area contributed by atoms with Crippen molar-refractivity contribution < 1.29 is 14.4 Å². The lowest BCUT2D eigenvalue weighted by atomic mass is 10.2. The summed E-state index contributed by atoms with van der Waals surface area (Å²) in [6.07, 6.45) is 1.97. The molecule has 2 aromatic carbocycles. The quantitative estimate of drug-likeness (QED) is 0.569. The molecule has 0 spiro atoms. The minimum atomic E-state index is -0.210. The number of amides is 3. The van der Waals surface area contributed by atoms with Gasteiger partial charge >= 0.3 is 0 Å². The number of nitrogens with one attached hydrogen (secondary N) is 3. The standard InChI is InChI=1S/C22H28N4O3/c1-4-5-14-23-21(28)16-6-12-19(13-7-16)25-20(27)15-24-18-10-8-17(9-11-18)22(29)26(2)3/h6-13,24H,4-5,14-15H2,1-3H3,(H,23,28)(H,25,27). The van der Waals surface area contributed by atoms with Crippen molar-refractivity contribution in [2.75, 3.05) is 37.8 Å². The second kappa shape index (κ2) is 10.8. The molecule has 0 heterocycles. The number of carbonyl (C=O) groups is 3. The van der Waals surface area contributed by atoms with Crippen LogP contribution in [0.2, 0.25) is 0 Å². The third kappa shape index (κ3) is 6.95. The summed E-state index contributed by atoms with van der Waals surface area (Å²) in [5, 5.41) is 8.65. The number of nitrogens with zero attached hydrogens (tertiary/aromatic N) is 1. The van der Waals surface area contributed by atoms with Gasteiger partial charge in [0.05, 0.1) is 6.54 Å². The van der Waals surface area contributed by atoms with E-state index >= 15 is 0 Å². The molecule has 29 heavy (non-hydrogen) atoms. The van der Waals surface area contributed by atoms with E-state index in [4.69, 9.17) is 0 Å². The molecule has 0 fully saturated rings. The van der Waals surface area contributed by atoms with Gasteiger partial charge in [0.15, 0.2) is 0 Å². The molecule has 0 atom stereocenters. The number of unbranched alkanes of at least 4 members (excludes halogenated alkanes) is 1. The van der Waals surface area contributed by atoms with E-state index < -0.39 is 0 Å². The zero-order chi connectivity index (χ0) is 21.2. The SMILES string of the molecule is CCCCNC(=O)c1ccc(NC(=O)CNc2ccc(C(=O)N(C)C)cc2)cc1. The van der Waals surface area contributed by atoms with Crippen LogP contribution in [-0.4, -0.2) is 49.8 Å². The van der Waals surface area contributed by atoms with Crippen LogP contribution in [0, 0.1) is 0 Å². The first kappa shape index (κ1) is 21.9. The molecule has 2 aromatic rings. The number of rotatable bonds is 9. The summed E-state index contributed by atoms with van der Waals surface area (Å²) in [5.41, 5.74) is 2.51. The Labute approximate surface area is 171 Å². The van der Waals surface area contributed by atoms with Crippen LogP contribution in [-0.2, 0) is 4.79 Å². The number of carbonyl (C=O) groups excluding carboxylic acids is 3. The lowest BCUT2D eigenvalue weighted by molar-refractivity contribution is -0.114. The van der Waals surface area contributed by atoms with Gasteiger partial charge in [-0.15, -0.1) is 0 Å². The third-order valence-electron chi connectivity index (χ3n) is 4.24.